The van der Waals surface area contributed by atoms with E-state index in [9.17, 15) is 13.2 Å². The molecule has 0 aliphatic heterocycles. The Morgan fingerprint density at radius 3 is 2.71 bits per heavy atom. The number of thiazole rings is 1. The van der Waals surface area contributed by atoms with Crippen LogP contribution in [0.4, 0.5) is 5.13 Å². The summed E-state index contributed by atoms with van der Waals surface area (Å²) in [6.45, 7) is 2.60. The highest BCUT2D eigenvalue weighted by Crippen LogP contribution is 2.27. The summed E-state index contributed by atoms with van der Waals surface area (Å²) >= 11 is 7.19. The van der Waals surface area contributed by atoms with Crippen molar-refractivity contribution < 1.29 is 17.9 Å². The van der Waals surface area contributed by atoms with Crippen molar-refractivity contribution in [3.63, 3.8) is 0 Å². The van der Waals surface area contributed by atoms with Gasteiger partial charge in [0.05, 0.1) is 18.2 Å². The van der Waals surface area contributed by atoms with Gasteiger partial charge in [-0.3, -0.25) is 4.79 Å². The molecule has 0 saturated carbocycles. The van der Waals surface area contributed by atoms with Crippen LogP contribution >= 0.6 is 22.9 Å². The largest absolute Gasteiger partial charge is 0.495 e. The number of nitrogens with zero attached hydrogens (tertiary/aromatic N) is 1. The zero-order valence-corrected chi connectivity index (χ0v) is 19.4. The predicted octanol–water partition coefficient (Wildman–Crippen LogP) is 4.13. The molecular formula is C21H22ClN3O4S2. The maximum atomic E-state index is 12.6. The predicted molar refractivity (Wildman–Crippen MR) is 123 cm³/mol. The van der Waals surface area contributed by atoms with Crippen LogP contribution in [0.15, 0.2) is 53.6 Å². The van der Waals surface area contributed by atoms with E-state index in [0.29, 0.717) is 33.6 Å². The van der Waals surface area contributed by atoms with Crippen LogP contribution in [0.1, 0.15) is 27.2 Å². The van der Waals surface area contributed by atoms with E-state index in [4.69, 9.17) is 16.3 Å². The van der Waals surface area contributed by atoms with Crippen molar-refractivity contribution in [2.75, 3.05) is 25.5 Å². The molecule has 0 unspecified atom stereocenters. The van der Waals surface area contributed by atoms with Gasteiger partial charge in [-0.05, 0) is 37.1 Å². The van der Waals surface area contributed by atoms with Crippen LogP contribution in [0.2, 0.25) is 5.02 Å². The van der Waals surface area contributed by atoms with Gasteiger partial charge >= 0.3 is 0 Å². The average molecular weight is 480 g/mol. The Morgan fingerprint density at radius 1 is 1.19 bits per heavy atom. The molecule has 2 N–H and O–H groups in total. The highest BCUT2D eigenvalue weighted by atomic mass is 35.5. The Bertz CT molecular complexity index is 1180. The van der Waals surface area contributed by atoms with E-state index >= 15 is 0 Å². The Balaban J connectivity index is 1.51. The molecule has 0 atom stereocenters. The van der Waals surface area contributed by atoms with Crippen molar-refractivity contribution in [1.82, 2.24) is 9.71 Å². The Kier molecular flexibility index (Phi) is 7.66. The molecule has 3 rings (SSSR count). The molecular weight excluding hydrogens is 458 g/mol. The van der Waals surface area contributed by atoms with Crippen LogP contribution in [-0.2, 0) is 10.0 Å². The van der Waals surface area contributed by atoms with Gasteiger partial charge in [-0.25, -0.2) is 18.1 Å². The fourth-order valence-electron chi connectivity index (χ4n) is 2.85. The number of nitrogens with one attached hydrogen (secondary N) is 2. The van der Waals surface area contributed by atoms with Crippen LogP contribution in [0.25, 0.3) is 0 Å². The Morgan fingerprint density at radius 2 is 1.97 bits per heavy atom. The van der Waals surface area contributed by atoms with Crippen LogP contribution in [0.3, 0.4) is 0 Å². The Hall–Kier alpha value is -2.46. The molecule has 164 valence electrons. The lowest BCUT2D eigenvalue weighted by atomic mass is 10.0. The van der Waals surface area contributed by atoms with E-state index in [1.165, 1.54) is 30.6 Å². The number of benzene rings is 2. The molecule has 1 heterocycles. The van der Waals surface area contributed by atoms with Crippen molar-refractivity contribution in [3.8, 4) is 5.75 Å². The summed E-state index contributed by atoms with van der Waals surface area (Å²) in [5.41, 5.74) is 1.57. The maximum absolute atomic E-state index is 12.6. The summed E-state index contributed by atoms with van der Waals surface area (Å²) in [4.78, 5) is 17.4. The monoisotopic (exact) mass is 479 g/mol. The number of hydrogen-bond donors (Lipinski definition) is 2. The number of anilines is 1. The second-order valence-corrected chi connectivity index (χ2v) is 9.85. The standard InChI is InChI=1S/C21H22ClN3O4S2/c1-14-6-3-4-7-16(14)20(26)18-13-24-21(30-18)23-10-5-11-25-31(27,28)19-12-15(22)8-9-17(19)29-2/h3-4,6-9,12-13,25H,5,10-11H2,1-2H3,(H,23,24). The first-order valence-electron chi connectivity index (χ1n) is 9.45. The summed E-state index contributed by atoms with van der Waals surface area (Å²) in [5.74, 6) is 0.163. The fourth-order valence-corrected chi connectivity index (χ4v) is 5.15. The first kappa shape index (κ1) is 23.2. The number of aryl methyl sites for hydroxylation is 1. The molecule has 0 radical (unpaired) electrons. The summed E-state index contributed by atoms with van der Waals surface area (Å²) in [6.07, 6.45) is 2.07. The van der Waals surface area contributed by atoms with Gasteiger partial charge in [-0.2, -0.15) is 0 Å². The molecule has 0 fully saturated rings. The number of halogens is 1. The topological polar surface area (TPSA) is 97.4 Å². The number of aromatic nitrogens is 1. The van der Waals surface area contributed by atoms with Crippen molar-refractivity contribution in [2.24, 2.45) is 0 Å². The molecule has 0 spiro atoms. The molecule has 2 aromatic carbocycles. The zero-order valence-electron chi connectivity index (χ0n) is 17.0. The van der Waals surface area contributed by atoms with E-state index in [2.05, 4.69) is 15.0 Å². The highest BCUT2D eigenvalue weighted by Gasteiger charge is 2.19. The number of sulfonamides is 1. The van der Waals surface area contributed by atoms with Crippen LogP contribution in [0.5, 0.6) is 5.75 Å². The summed E-state index contributed by atoms with van der Waals surface area (Å²) < 4.78 is 32.7. The molecule has 0 amide bonds. The highest BCUT2D eigenvalue weighted by molar-refractivity contribution is 7.89. The van der Waals surface area contributed by atoms with Gasteiger partial charge in [0.15, 0.2) is 5.13 Å². The minimum atomic E-state index is -3.76. The van der Waals surface area contributed by atoms with Gasteiger partial charge in [0.2, 0.25) is 15.8 Å². The number of ether oxygens (including phenoxy) is 1. The summed E-state index contributed by atoms with van der Waals surface area (Å²) in [7, 11) is -2.36. The number of rotatable bonds is 10. The summed E-state index contributed by atoms with van der Waals surface area (Å²) in [5, 5.41) is 4.03. The summed E-state index contributed by atoms with van der Waals surface area (Å²) in [6, 6.07) is 11.8. The van der Waals surface area contributed by atoms with Crippen molar-refractivity contribution in [2.45, 2.75) is 18.2 Å². The third-order valence-electron chi connectivity index (χ3n) is 4.46. The first-order chi connectivity index (χ1) is 14.8. The lowest BCUT2D eigenvalue weighted by molar-refractivity contribution is 0.104. The molecule has 7 nitrogen and oxygen atoms in total. The number of hydrogen-bond acceptors (Lipinski definition) is 7. The average Bonchev–Trinajstić information content (AvgIpc) is 3.22. The van der Waals surface area contributed by atoms with Crippen LogP contribution in [0, 0.1) is 6.92 Å². The van der Waals surface area contributed by atoms with Crippen molar-refractivity contribution >= 4 is 43.9 Å². The number of carbonyl (C=O) groups is 1. The van der Waals surface area contributed by atoms with Gasteiger partial charge in [0.25, 0.3) is 0 Å². The fraction of sp³-hybridized carbons (Fsp3) is 0.238. The van der Waals surface area contributed by atoms with Gasteiger partial charge in [0, 0.05) is 23.7 Å². The lowest BCUT2D eigenvalue weighted by Gasteiger charge is -2.11. The second kappa shape index (κ2) is 10.2. The van der Waals surface area contributed by atoms with E-state index < -0.39 is 10.0 Å². The molecule has 10 heteroatoms. The van der Waals surface area contributed by atoms with Crippen LogP contribution in [-0.4, -0.2) is 39.4 Å². The van der Waals surface area contributed by atoms with E-state index in [1.54, 1.807) is 18.3 Å². The molecule has 3 aromatic rings. The zero-order chi connectivity index (χ0) is 22.4. The molecule has 31 heavy (non-hydrogen) atoms. The van der Waals surface area contributed by atoms with Gasteiger partial charge in [-0.1, -0.05) is 47.2 Å². The number of carbonyl (C=O) groups excluding carboxylic acids is 1. The smallest absolute Gasteiger partial charge is 0.244 e. The molecule has 0 saturated heterocycles. The van der Waals surface area contributed by atoms with Crippen molar-refractivity contribution in [3.05, 3.63) is 69.7 Å². The van der Waals surface area contributed by atoms with Crippen molar-refractivity contribution in [1.29, 1.82) is 0 Å². The van der Waals surface area contributed by atoms with Gasteiger partial charge in [-0.15, -0.1) is 0 Å². The third-order valence-corrected chi connectivity index (χ3v) is 7.13. The number of methoxy groups -OCH3 is 1. The van der Waals surface area contributed by atoms with E-state index in [1.807, 2.05) is 25.1 Å². The van der Waals surface area contributed by atoms with E-state index in [-0.39, 0.29) is 23.0 Å². The second-order valence-electron chi connectivity index (χ2n) is 6.65. The van der Waals surface area contributed by atoms with Crippen LogP contribution < -0.4 is 14.8 Å². The van der Waals surface area contributed by atoms with Gasteiger partial charge < -0.3 is 10.1 Å². The lowest BCUT2D eigenvalue weighted by Crippen LogP contribution is -2.26. The minimum absolute atomic E-state index is 0.00487. The third kappa shape index (κ3) is 5.82. The molecule has 0 aliphatic carbocycles. The molecule has 0 bridgehead atoms. The number of ketones is 1. The molecule has 0 aliphatic rings. The quantitative estimate of drug-likeness (QED) is 0.335. The minimum Gasteiger partial charge on any atom is -0.495 e. The maximum Gasteiger partial charge on any atom is 0.244 e. The van der Waals surface area contributed by atoms with E-state index in [0.717, 1.165) is 5.56 Å². The Labute approximate surface area is 190 Å². The normalized spacial score (nSPS) is 11.3. The van der Waals surface area contributed by atoms with Gasteiger partial charge in [0.1, 0.15) is 10.6 Å². The molecule has 1 aromatic heterocycles. The first-order valence-corrected chi connectivity index (χ1v) is 12.1. The SMILES string of the molecule is COc1ccc(Cl)cc1S(=O)(=O)NCCCNc1ncc(C(=O)c2ccccc2C)s1.